The fourth-order valence-corrected chi connectivity index (χ4v) is 5.27. The lowest BCUT2D eigenvalue weighted by Crippen LogP contribution is -2.61. The van der Waals surface area contributed by atoms with Crippen molar-refractivity contribution in [2.45, 2.75) is 44.3 Å². The van der Waals surface area contributed by atoms with Gasteiger partial charge in [-0.05, 0) is 54.7 Å². The van der Waals surface area contributed by atoms with Crippen LogP contribution in [0.2, 0.25) is 0 Å². The van der Waals surface area contributed by atoms with E-state index in [2.05, 4.69) is 11.0 Å². The van der Waals surface area contributed by atoms with Crippen molar-refractivity contribution in [2.75, 3.05) is 21.3 Å². The van der Waals surface area contributed by atoms with Crippen LogP contribution in [0.5, 0.6) is 11.5 Å². The first-order chi connectivity index (χ1) is 15.0. The number of carbonyl (C=O) groups excluding carboxylic acids is 2. The molecule has 4 rings (SSSR count). The van der Waals surface area contributed by atoms with E-state index in [0.717, 1.165) is 35.5 Å². The highest BCUT2D eigenvalue weighted by molar-refractivity contribution is 6.06. The first-order valence-corrected chi connectivity index (χ1v) is 10.6. The van der Waals surface area contributed by atoms with Gasteiger partial charge >= 0.3 is 5.97 Å². The minimum atomic E-state index is -1.20. The van der Waals surface area contributed by atoms with Crippen LogP contribution >= 0.6 is 0 Å². The summed E-state index contributed by atoms with van der Waals surface area (Å²) >= 11 is 0. The van der Waals surface area contributed by atoms with Gasteiger partial charge < -0.3 is 14.2 Å². The van der Waals surface area contributed by atoms with Crippen LogP contribution in [0.25, 0.3) is 0 Å². The monoisotopic (exact) mass is 423 g/mol. The van der Waals surface area contributed by atoms with E-state index in [1.165, 1.54) is 7.11 Å². The largest absolute Gasteiger partial charge is 0.497 e. The predicted molar refractivity (Wildman–Crippen MR) is 116 cm³/mol. The molecule has 31 heavy (non-hydrogen) atoms. The molecule has 2 heterocycles. The number of benzene rings is 2. The molecule has 0 aromatic heterocycles. The Hall–Kier alpha value is -2.86. The molecule has 0 amide bonds. The third-order valence-corrected chi connectivity index (χ3v) is 6.82. The van der Waals surface area contributed by atoms with Crippen molar-refractivity contribution in [3.05, 3.63) is 59.7 Å². The van der Waals surface area contributed by atoms with Crippen molar-refractivity contribution in [1.29, 1.82) is 0 Å². The molecule has 3 unspecified atom stereocenters. The maximum atomic E-state index is 13.4. The number of fused-ring (bicyclic) bond motifs is 2. The molecular formula is C25H29NO5. The Balaban J connectivity index is 1.69. The van der Waals surface area contributed by atoms with Crippen molar-refractivity contribution < 1.29 is 23.8 Å². The molecule has 164 valence electrons. The molecule has 3 atom stereocenters. The molecule has 2 aromatic carbocycles. The van der Waals surface area contributed by atoms with Gasteiger partial charge in [-0.3, -0.25) is 14.5 Å². The van der Waals surface area contributed by atoms with E-state index in [9.17, 15) is 9.59 Å². The molecule has 2 fully saturated rings. The Morgan fingerprint density at radius 2 is 1.74 bits per heavy atom. The van der Waals surface area contributed by atoms with Gasteiger partial charge in [-0.1, -0.05) is 24.3 Å². The van der Waals surface area contributed by atoms with Crippen LogP contribution in [0.15, 0.2) is 48.5 Å². The zero-order chi connectivity index (χ0) is 22.0. The van der Waals surface area contributed by atoms with Crippen LogP contribution in [0.3, 0.4) is 0 Å². The topological polar surface area (TPSA) is 65.1 Å². The van der Waals surface area contributed by atoms with Gasteiger partial charge in [0.25, 0.3) is 0 Å². The first-order valence-electron chi connectivity index (χ1n) is 10.6. The van der Waals surface area contributed by atoms with E-state index in [1.807, 2.05) is 42.5 Å². The molecule has 2 saturated heterocycles. The lowest BCUT2D eigenvalue weighted by atomic mass is 9.68. The normalized spacial score (nSPS) is 25.3. The van der Waals surface area contributed by atoms with Crippen molar-refractivity contribution in [3.63, 3.8) is 0 Å². The lowest BCUT2D eigenvalue weighted by molar-refractivity contribution is -0.167. The summed E-state index contributed by atoms with van der Waals surface area (Å²) in [4.78, 5) is 29.0. The van der Waals surface area contributed by atoms with Gasteiger partial charge in [-0.15, -0.1) is 0 Å². The van der Waals surface area contributed by atoms with Crippen molar-refractivity contribution in [1.82, 2.24) is 4.90 Å². The summed E-state index contributed by atoms with van der Waals surface area (Å²) in [6.07, 6.45) is 2.40. The highest BCUT2D eigenvalue weighted by Crippen LogP contribution is 2.48. The summed E-state index contributed by atoms with van der Waals surface area (Å²) in [6.45, 7) is 0.668. The van der Waals surface area contributed by atoms with Gasteiger partial charge in [0.05, 0.1) is 21.3 Å². The minimum absolute atomic E-state index is 0.00967. The van der Waals surface area contributed by atoms with Crippen LogP contribution in [0, 0.1) is 5.41 Å². The number of Topliss-reactive ketones (excluding diaryl/α,β-unsaturated/α-hetero) is 1. The van der Waals surface area contributed by atoms with E-state index >= 15 is 0 Å². The van der Waals surface area contributed by atoms with E-state index in [1.54, 1.807) is 14.2 Å². The molecule has 6 heteroatoms. The second-order valence-electron chi connectivity index (χ2n) is 8.39. The molecular weight excluding hydrogens is 394 g/mol. The zero-order valence-corrected chi connectivity index (χ0v) is 18.3. The first kappa shape index (κ1) is 21.4. The summed E-state index contributed by atoms with van der Waals surface area (Å²) in [7, 11) is 4.64. The molecule has 2 bridgehead atoms. The molecule has 0 saturated carbocycles. The fraction of sp³-hybridized carbons (Fsp3) is 0.440. The number of hydrogen-bond acceptors (Lipinski definition) is 6. The Morgan fingerprint density at radius 1 is 1.00 bits per heavy atom. The van der Waals surface area contributed by atoms with E-state index in [-0.39, 0.29) is 17.9 Å². The van der Waals surface area contributed by atoms with Gasteiger partial charge in [-0.2, -0.15) is 0 Å². The maximum Gasteiger partial charge on any atom is 0.321 e. The van der Waals surface area contributed by atoms with Gasteiger partial charge in [0.15, 0.2) is 5.78 Å². The number of piperidine rings is 1. The van der Waals surface area contributed by atoms with E-state index in [0.29, 0.717) is 19.4 Å². The van der Waals surface area contributed by atoms with Gasteiger partial charge in [-0.25, -0.2) is 0 Å². The molecule has 2 aliphatic rings. The van der Waals surface area contributed by atoms with Crippen LogP contribution in [-0.2, 0) is 27.3 Å². The molecule has 2 aromatic rings. The second-order valence-corrected chi connectivity index (χ2v) is 8.39. The summed E-state index contributed by atoms with van der Waals surface area (Å²) in [5, 5.41) is 0. The number of ketones is 1. The number of esters is 1. The number of carbonyl (C=O) groups is 2. The molecule has 0 aliphatic carbocycles. The summed E-state index contributed by atoms with van der Waals surface area (Å²) in [5.41, 5.74) is 0.829. The highest BCUT2D eigenvalue weighted by atomic mass is 16.5. The third-order valence-electron chi connectivity index (χ3n) is 6.82. The van der Waals surface area contributed by atoms with Crippen LogP contribution < -0.4 is 9.47 Å². The smallest absolute Gasteiger partial charge is 0.321 e. The van der Waals surface area contributed by atoms with Gasteiger partial charge in [0, 0.05) is 25.0 Å². The number of rotatable bonds is 7. The Morgan fingerprint density at radius 3 is 2.42 bits per heavy atom. The van der Waals surface area contributed by atoms with E-state index in [4.69, 9.17) is 14.2 Å². The van der Waals surface area contributed by atoms with Gasteiger partial charge in [0.1, 0.15) is 16.9 Å². The van der Waals surface area contributed by atoms with E-state index < -0.39 is 11.4 Å². The number of nitrogens with zero attached hydrogens (tertiary/aromatic N) is 1. The minimum Gasteiger partial charge on any atom is -0.497 e. The molecule has 0 N–H and O–H groups in total. The standard InChI is InChI=1S/C25H29NO5/c1-29-20-10-7-17(8-11-20)15-25(24(28)31-3)22-12-9-19(14-23(25)27)26(22)16-18-5-4-6-21(13-18)30-2/h4-8,10-11,13,19,22H,9,12,14-16H2,1-3H3. The molecule has 6 nitrogen and oxygen atoms in total. The summed E-state index contributed by atoms with van der Waals surface area (Å²) < 4.78 is 15.9. The van der Waals surface area contributed by atoms with Crippen LogP contribution in [0.1, 0.15) is 30.4 Å². The van der Waals surface area contributed by atoms with Gasteiger partial charge in [0.2, 0.25) is 0 Å². The quantitative estimate of drug-likeness (QED) is 0.502. The summed E-state index contributed by atoms with van der Waals surface area (Å²) in [5.74, 6) is 1.10. The van der Waals surface area contributed by atoms with Crippen molar-refractivity contribution in [3.8, 4) is 11.5 Å². The average molecular weight is 424 g/mol. The number of ether oxygens (including phenoxy) is 3. The predicted octanol–water partition coefficient (Wildman–Crippen LogP) is 3.41. The Labute approximate surface area is 183 Å². The van der Waals surface area contributed by atoms with Crippen molar-refractivity contribution >= 4 is 11.8 Å². The molecule has 0 spiro atoms. The second kappa shape index (κ2) is 8.71. The maximum absolute atomic E-state index is 13.4. The van der Waals surface area contributed by atoms with Crippen LogP contribution in [-0.4, -0.2) is 50.1 Å². The Bertz CT molecular complexity index is 957. The SMILES string of the molecule is COC(=O)C1(Cc2ccc(OC)cc2)C(=O)CC2CCC1N2Cc1cccc(OC)c1. The molecule has 2 aliphatic heterocycles. The zero-order valence-electron chi connectivity index (χ0n) is 18.3. The number of hydrogen-bond donors (Lipinski definition) is 0. The number of methoxy groups -OCH3 is 3. The summed E-state index contributed by atoms with van der Waals surface area (Å²) in [6, 6.07) is 15.5. The molecule has 0 radical (unpaired) electrons. The lowest BCUT2D eigenvalue weighted by Gasteiger charge is -2.45. The Kier molecular flexibility index (Phi) is 6.01. The van der Waals surface area contributed by atoms with Crippen LogP contribution in [0.4, 0.5) is 0 Å². The van der Waals surface area contributed by atoms with Crippen molar-refractivity contribution in [2.24, 2.45) is 5.41 Å². The fourth-order valence-electron chi connectivity index (χ4n) is 5.27. The third kappa shape index (κ3) is 3.81. The average Bonchev–Trinajstić information content (AvgIpc) is 3.12. The highest BCUT2D eigenvalue weighted by Gasteiger charge is 2.61.